The van der Waals surface area contributed by atoms with Crippen molar-refractivity contribution in [1.29, 1.82) is 0 Å². The van der Waals surface area contributed by atoms with E-state index < -0.39 is 6.10 Å². The number of aromatic nitrogens is 3. The first-order valence-electron chi connectivity index (χ1n) is 9.43. The number of carbonyl (C=O) groups excluding carboxylic acids is 1. The van der Waals surface area contributed by atoms with Gasteiger partial charge in [-0.1, -0.05) is 17.7 Å². The molecule has 8 heteroatoms. The number of Topliss-reactive ketones (excluding diaryl/α,β-unsaturated/α-hetero) is 1. The standard InChI is InChI=1S/C21H21ClN4O3/c1-12(27)8-13-4-6-23-17-3-2-14(9-15(13)17)20-16(22)10-24-21(26-20)25-18-5-7-29-11-19(18)28/h2-4,6,9-10,18-19,28H,5,7-8,11H2,1H3,(H,24,25,26)/t18-,19-/m1/s1. The number of anilines is 1. The second kappa shape index (κ2) is 8.41. The largest absolute Gasteiger partial charge is 0.389 e. The molecule has 7 nitrogen and oxygen atoms in total. The lowest BCUT2D eigenvalue weighted by Crippen LogP contribution is -2.42. The smallest absolute Gasteiger partial charge is 0.223 e. The molecule has 0 unspecified atom stereocenters. The molecule has 1 saturated heterocycles. The van der Waals surface area contributed by atoms with Crippen LogP contribution in [0.2, 0.25) is 5.02 Å². The van der Waals surface area contributed by atoms with E-state index >= 15 is 0 Å². The number of ketones is 1. The lowest BCUT2D eigenvalue weighted by molar-refractivity contribution is -0.116. The summed E-state index contributed by atoms with van der Waals surface area (Å²) in [6.07, 6.45) is 3.64. The van der Waals surface area contributed by atoms with Crippen LogP contribution in [0.15, 0.2) is 36.7 Å². The van der Waals surface area contributed by atoms with Crippen molar-refractivity contribution >= 4 is 34.2 Å². The van der Waals surface area contributed by atoms with Gasteiger partial charge in [0.25, 0.3) is 0 Å². The van der Waals surface area contributed by atoms with E-state index in [0.717, 1.165) is 22.0 Å². The Labute approximate surface area is 173 Å². The summed E-state index contributed by atoms with van der Waals surface area (Å²) in [4.78, 5) is 24.8. The molecule has 3 heterocycles. The van der Waals surface area contributed by atoms with E-state index in [2.05, 4.69) is 20.3 Å². The van der Waals surface area contributed by atoms with Crippen molar-refractivity contribution in [2.24, 2.45) is 0 Å². The number of rotatable bonds is 5. The molecule has 29 heavy (non-hydrogen) atoms. The fourth-order valence-corrected chi connectivity index (χ4v) is 3.67. The normalized spacial score (nSPS) is 19.3. The van der Waals surface area contributed by atoms with Crippen molar-refractivity contribution in [2.45, 2.75) is 31.9 Å². The predicted octanol–water partition coefficient (Wildman–Crippen LogP) is 3.04. The minimum Gasteiger partial charge on any atom is -0.389 e. The third-order valence-corrected chi connectivity index (χ3v) is 5.21. The minimum absolute atomic E-state index is 0.0875. The van der Waals surface area contributed by atoms with Crippen LogP contribution in [0.5, 0.6) is 0 Å². The highest BCUT2D eigenvalue weighted by Crippen LogP contribution is 2.30. The third kappa shape index (κ3) is 4.37. The number of hydrogen-bond donors (Lipinski definition) is 2. The molecular formula is C21H21ClN4O3. The molecule has 0 aliphatic carbocycles. The molecule has 150 valence electrons. The molecule has 1 aromatic carbocycles. The molecule has 2 aromatic heterocycles. The maximum atomic E-state index is 11.6. The first-order valence-corrected chi connectivity index (χ1v) is 9.81. The van der Waals surface area contributed by atoms with Gasteiger partial charge in [-0.15, -0.1) is 0 Å². The minimum atomic E-state index is -0.618. The zero-order chi connectivity index (χ0) is 20.4. The van der Waals surface area contributed by atoms with E-state index in [1.807, 2.05) is 24.3 Å². The molecule has 0 spiro atoms. The predicted molar refractivity (Wildman–Crippen MR) is 111 cm³/mol. The topological polar surface area (TPSA) is 97.2 Å². The van der Waals surface area contributed by atoms with Crippen LogP contribution in [0.1, 0.15) is 18.9 Å². The number of hydrogen-bond acceptors (Lipinski definition) is 7. The fraction of sp³-hybridized carbons (Fsp3) is 0.333. The second-order valence-electron chi connectivity index (χ2n) is 7.15. The van der Waals surface area contributed by atoms with Crippen LogP contribution in [-0.2, 0) is 16.0 Å². The van der Waals surface area contributed by atoms with Crippen LogP contribution in [-0.4, -0.2) is 51.2 Å². The maximum Gasteiger partial charge on any atom is 0.223 e. The van der Waals surface area contributed by atoms with Crippen molar-refractivity contribution in [3.63, 3.8) is 0 Å². The average molecular weight is 413 g/mol. The Morgan fingerprint density at radius 3 is 3.00 bits per heavy atom. The van der Waals surface area contributed by atoms with Crippen LogP contribution in [0.25, 0.3) is 22.2 Å². The number of nitrogens with zero attached hydrogens (tertiary/aromatic N) is 3. The quantitative estimate of drug-likeness (QED) is 0.664. The maximum absolute atomic E-state index is 11.6. The van der Waals surface area contributed by atoms with Crippen LogP contribution in [0.4, 0.5) is 5.95 Å². The summed E-state index contributed by atoms with van der Waals surface area (Å²) in [7, 11) is 0. The van der Waals surface area contributed by atoms with Gasteiger partial charge in [0.2, 0.25) is 5.95 Å². The Balaban J connectivity index is 1.70. The van der Waals surface area contributed by atoms with Crippen LogP contribution in [0.3, 0.4) is 0 Å². The second-order valence-corrected chi connectivity index (χ2v) is 7.56. The summed E-state index contributed by atoms with van der Waals surface area (Å²) in [5.74, 6) is 0.482. The van der Waals surface area contributed by atoms with Gasteiger partial charge in [-0.2, -0.15) is 0 Å². The fourth-order valence-electron chi connectivity index (χ4n) is 3.47. The molecule has 1 aliphatic heterocycles. The molecule has 0 saturated carbocycles. The Morgan fingerprint density at radius 1 is 1.34 bits per heavy atom. The Bertz CT molecular complexity index is 1060. The number of ether oxygens (including phenoxy) is 1. The van der Waals surface area contributed by atoms with Gasteiger partial charge >= 0.3 is 0 Å². The van der Waals surface area contributed by atoms with E-state index in [9.17, 15) is 9.90 Å². The summed E-state index contributed by atoms with van der Waals surface area (Å²) in [6, 6.07) is 7.41. The van der Waals surface area contributed by atoms with Crippen molar-refractivity contribution in [1.82, 2.24) is 15.0 Å². The summed E-state index contributed by atoms with van der Waals surface area (Å²) in [5.41, 5.74) is 3.10. The number of nitrogens with one attached hydrogen (secondary N) is 1. The van der Waals surface area contributed by atoms with E-state index in [-0.39, 0.29) is 18.4 Å². The van der Waals surface area contributed by atoms with Gasteiger partial charge in [-0.3, -0.25) is 9.78 Å². The summed E-state index contributed by atoms with van der Waals surface area (Å²) in [5, 5.41) is 14.6. The Kier molecular flexibility index (Phi) is 5.71. The third-order valence-electron chi connectivity index (χ3n) is 4.93. The van der Waals surface area contributed by atoms with E-state index in [4.69, 9.17) is 16.3 Å². The Hall–Kier alpha value is -2.61. The summed E-state index contributed by atoms with van der Waals surface area (Å²) < 4.78 is 5.26. The molecule has 1 fully saturated rings. The van der Waals surface area contributed by atoms with Gasteiger partial charge in [-0.05, 0) is 37.1 Å². The van der Waals surface area contributed by atoms with Crippen LogP contribution in [0, 0.1) is 0 Å². The average Bonchev–Trinajstić information content (AvgIpc) is 2.71. The number of carbonyl (C=O) groups is 1. The molecule has 0 radical (unpaired) electrons. The summed E-state index contributed by atoms with van der Waals surface area (Å²) >= 11 is 6.39. The van der Waals surface area contributed by atoms with Crippen molar-refractivity contribution < 1.29 is 14.6 Å². The highest BCUT2D eigenvalue weighted by Gasteiger charge is 2.24. The highest BCUT2D eigenvalue weighted by molar-refractivity contribution is 6.33. The molecule has 4 rings (SSSR count). The SMILES string of the molecule is CC(=O)Cc1ccnc2ccc(-c3nc(N[C@@H]4CCOC[C@H]4O)ncc3Cl)cc12. The first-order chi connectivity index (χ1) is 14.0. The number of aliphatic hydroxyl groups excluding tert-OH is 1. The monoisotopic (exact) mass is 412 g/mol. The van der Waals surface area contributed by atoms with E-state index in [1.165, 1.54) is 0 Å². The van der Waals surface area contributed by atoms with E-state index in [1.54, 1.807) is 19.3 Å². The van der Waals surface area contributed by atoms with Gasteiger partial charge in [0.1, 0.15) is 5.78 Å². The molecule has 2 atom stereocenters. The van der Waals surface area contributed by atoms with Crippen LogP contribution >= 0.6 is 11.6 Å². The van der Waals surface area contributed by atoms with Gasteiger partial charge in [0.15, 0.2) is 0 Å². The zero-order valence-corrected chi connectivity index (χ0v) is 16.7. The molecule has 3 aromatic rings. The zero-order valence-electron chi connectivity index (χ0n) is 15.9. The molecule has 0 amide bonds. The molecule has 1 aliphatic rings. The van der Waals surface area contributed by atoms with Crippen LogP contribution < -0.4 is 5.32 Å². The lowest BCUT2D eigenvalue weighted by Gasteiger charge is -2.28. The van der Waals surface area contributed by atoms with Crippen molar-refractivity contribution in [2.75, 3.05) is 18.5 Å². The molecular weight excluding hydrogens is 392 g/mol. The summed E-state index contributed by atoms with van der Waals surface area (Å²) in [6.45, 7) is 2.43. The highest BCUT2D eigenvalue weighted by atomic mass is 35.5. The number of aliphatic hydroxyl groups is 1. The van der Waals surface area contributed by atoms with E-state index in [0.29, 0.717) is 36.1 Å². The lowest BCUT2D eigenvalue weighted by atomic mass is 10.0. The number of pyridine rings is 1. The molecule has 2 N–H and O–H groups in total. The number of fused-ring (bicyclic) bond motifs is 1. The molecule has 0 bridgehead atoms. The van der Waals surface area contributed by atoms with Gasteiger partial charge in [-0.25, -0.2) is 9.97 Å². The Morgan fingerprint density at radius 2 is 2.21 bits per heavy atom. The van der Waals surface area contributed by atoms with Gasteiger partial charge in [0.05, 0.1) is 41.2 Å². The van der Waals surface area contributed by atoms with Gasteiger partial charge in [0, 0.05) is 30.2 Å². The first kappa shape index (κ1) is 19.7. The number of halogens is 1. The number of benzene rings is 1. The van der Waals surface area contributed by atoms with Gasteiger partial charge < -0.3 is 15.2 Å². The van der Waals surface area contributed by atoms with Crippen molar-refractivity contribution in [3.8, 4) is 11.3 Å². The van der Waals surface area contributed by atoms with Crippen molar-refractivity contribution in [3.05, 3.63) is 47.2 Å².